The molecule has 0 unspecified atom stereocenters. The summed E-state index contributed by atoms with van der Waals surface area (Å²) in [6.07, 6.45) is 0. The molecule has 0 atom stereocenters. The lowest BCUT2D eigenvalue weighted by molar-refractivity contribution is 0.593. The predicted octanol–water partition coefficient (Wildman–Crippen LogP) is 3.66. The number of hydrogen-bond donors (Lipinski definition) is 1. The largest absolute Gasteiger partial charge is 0.394 e. The van der Waals surface area contributed by atoms with Crippen LogP contribution in [0.1, 0.15) is 5.56 Å². The van der Waals surface area contributed by atoms with Crippen molar-refractivity contribution in [1.29, 1.82) is 0 Å². The summed E-state index contributed by atoms with van der Waals surface area (Å²) in [5.74, 6) is -2.13. The molecule has 0 saturated carbocycles. The summed E-state index contributed by atoms with van der Waals surface area (Å²) in [5.41, 5.74) is 5.57. The smallest absolute Gasteiger partial charge is 0.156 e. The van der Waals surface area contributed by atoms with Gasteiger partial charge < -0.3 is 5.73 Å². The molecule has 2 rings (SSSR count). The van der Waals surface area contributed by atoms with Gasteiger partial charge >= 0.3 is 0 Å². The van der Waals surface area contributed by atoms with E-state index in [-0.39, 0.29) is 5.56 Å². The van der Waals surface area contributed by atoms with Crippen molar-refractivity contribution in [2.24, 2.45) is 0 Å². The van der Waals surface area contributed by atoms with Crippen molar-refractivity contribution in [2.45, 2.75) is 6.92 Å². The van der Waals surface area contributed by atoms with E-state index in [1.165, 1.54) is 18.2 Å². The Morgan fingerprint density at radius 2 is 1.65 bits per heavy atom. The molecule has 0 spiro atoms. The fraction of sp³-hybridized carbons (Fsp3) is 0.0769. The van der Waals surface area contributed by atoms with Crippen LogP contribution in [0.25, 0.3) is 11.1 Å². The summed E-state index contributed by atoms with van der Waals surface area (Å²) < 4.78 is 40.0. The highest BCUT2D eigenvalue weighted by atomic mass is 19.1. The van der Waals surface area contributed by atoms with E-state index in [4.69, 9.17) is 5.73 Å². The molecule has 0 aliphatic heterocycles. The second-order valence-electron chi connectivity index (χ2n) is 3.79. The Labute approximate surface area is 96.7 Å². The number of aryl methyl sites for hydroxylation is 1. The zero-order valence-corrected chi connectivity index (χ0v) is 9.10. The number of anilines is 1. The molecule has 17 heavy (non-hydrogen) atoms. The van der Waals surface area contributed by atoms with Gasteiger partial charge in [-0.15, -0.1) is 0 Å². The van der Waals surface area contributed by atoms with Crippen molar-refractivity contribution in [3.8, 4) is 11.1 Å². The average Bonchev–Trinajstić information content (AvgIpc) is 2.30. The van der Waals surface area contributed by atoms with Gasteiger partial charge in [-0.1, -0.05) is 12.1 Å². The fourth-order valence-corrected chi connectivity index (χ4v) is 1.55. The summed E-state index contributed by atoms with van der Waals surface area (Å²) >= 11 is 0. The number of rotatable bonds is 1. The molecular formula is C13H10F3N. The number of benzene rings is 2. The Kier molecular flexibility index (Phi) is 2.79. The second-order valence-corrected chi connectivity index (χ2v) is 3.79. The van der Waals surface area contributed by atoms with E-state index in [1.807, 2.05) is 0 Å². The van der Waals surface area contributed by atoms with Crippen LogP contribution < -0.4 is 5.73 Å². The van der Waals surface area contributed by atoms with Crippen LogP contribution in [-0.4, -0.2) is 0 Å². The minimum atomic E-state index is -0.867. The summed E-state index contributed by atoms with van der Waals surface area (Å²) in [6, 6.07) is 6.60. The molecule has 0 aliphatic carbocycles. The van der Waals surface area contributed by atoms with Crippen molar-refractivity contribution < 1.29 is 13.2 Å². The molecule has 0 amide bonds. The molecule has 2 aromatic carbocycles. The van der Waals surface area contributed by atoms with Gasteiger partial charge in [0.05, 0.1) is 0 Å². The molecular weight excluding hydrogens is 227 g/mol. The SMILES string of the molecule is Cc1ccc(-c2ccc(F)c(N)c2F)cc1F. The lowest BCUT2D eigenvalue weighted by Gasteiger charge is -2.07. The van der Waals surface area contributed by atoms with Crippen molar-refractivity contribution >= 4 is 5.69 Å². The lowest BCUT2D eigenvalue weighted by Crippen LogP contribution is -1.98. The Balaban J connectivity index is 2.61. The highest BCUT2D eigenvalue weighted by molar-refractivity contribution is 5.69. The quantitative estimate of drug-likeness (QED) is 0.752. The van der Waals surface area contributed by atoms with Crippen LogP contribution in [0.4, 0.5) is 18.9 Å². The van der Waals surface area contributed by atoms with Gasteiger partial charge in [0.2, 0.25) is 0 Å². The van der Waals surface area contributed by atoms with E-state index in [9.17, 15) is 13.2 Å². The zero-order valence-electron chi connectivity index (χ0n) is 9.10. The van der Waals surface area contributed by atoms with Crippen molar-refractivity contribution in [3.05, 3.63) is 53.3 Å². The third-order valence-electron chi connectivity index (χ3n) is 2.61. The molecule has 2 aromatic rings. The zero-order chi connectivity index (χ0) is 12.6. The number of nitrogens with two attached hydrogens (primary N) is 1. The molecule has 4 heteroatoms. The molecule has 0 aromatic heterocycles. The van der Waals surface area contributed by atoms with Gasteiger partial charge in [0.25, 0.3) is 0 Å². The third kappa shape index (κ3) is 1.98. The van der Waals surface area contributed by atoms with Crippen LogP contribution >= 0.6 is 0 Å². The first kappa shape index (κ1) is 11.5. The Morgan fingerprint density at radius 1 is 0.941 bits per heavy atom. The third-order valence-corrected chi connectivity index (χ3v) is 2.61. The first-order valence-corrected chi connectivity index (χ1v) is 5.00. The van der Waals surface area contributed by atoms with E-state index in [1.54, 1.807) is 13.0 Å². The highest BCUT2D eigenvalue weighted by Crippen LogP contribution is 2.29. The van der Waals surface area contributed by atoms with Crippen LogP contribution in [0.2, 0.25) is 0 Å². The summed E-state index contributed by atoms with van der Waals surface area (Å²) in [4.78, 5) is 0. The first-order valence-electron chi connectivity index (χ1n) is 5.00. The average molecular weight is 237 g/mol. The van der Waals surface area contributed by atoms with E-state index in [0.29, 0.717) is 11.1 Å². The van der Waals surface area contributed by atoms with Crippen LogP contribution in [0, 0.1) is 24.4 Å². The number of hydrogen-bond acceptors (Lipinski definition) is 1. The van der Waals surface area contributed by atoms with Crippen LogP contribution in [0.3, 0.4) is 0 Å². The van der Waals surface area contributed by atoms with E-state index < -0.39 is 23.1 Å². The number of halogens is 3. The second kappa shape index (κ2) is 4.13. The summed E-state index contributed by atoms with van der Waals surface area (Å²) in [7, 11) is 0. The maximum absolute atomic E-state index is 13.7. The minimum Gasteiger partial charge on any atom is -0.394 e. The lowest BCUT2D eigenvalue weighted by atomic mass is 10.0. The van der Waals surface area contributed by atoms with Gasteiger partial charge in [0.15, 0.2) is 5.82 Å². The molecule has 2 N–H and O–H groups in total. The fourth-order valence-electron chi connectivity index (χ4n) is 1.55. The van der Waals surface area contributed by atoms with Crippen molar-refractivity contribution in [3.63, 3.8) is 0 Å². The summed E-state index contributed by atoms with van der Waals surface area (Å²) in [5, 5.41) is 0. The highest BCUT2D eigenvalue weighted by Gasteiger charge is 2.13. The van der Waals surface area contributed by atoms with E-state index >= 15 is 0 Å². The van der Waals surface area contributed by atoms with Gasteiger partial charge in [0.1, 0.15) is 17.3 Å². The van der Waals surface area contributed by atoms with Crippen LogP contribution in [0.15, 0.2) is 30.3 Å². The standard InChI is InChI=1S/C13H10F3N/c1-7-2-3-8(6-11(7)15)9-4-5-10(14)13(17)12(9)16/h2-6H,17H2,1H3. The van der Waals surface area contributed by atoms with Gasteiger partial charge in [-0.2, -0.15) is 0 Å². The van der Waals surface area contributed by atoms with Gasteiger partial charge in [-0.25, -0.2) is 13.2 Å². The Hall–Kier alpha value is -1.97. The van der Waals surface area contributed by atoms with Gasteiger partial charge in [-0.3, -0.25) is 0 Å². The maximum atomic E-state index is 13.7. The molecule has 88 valence electrons. The van der Waals surface area contributed by atoms with Crippen LogP contribution in [0.5, 0.6) is 0 Å². The topological polar surface area (TPSA) is 26.0 Å². The predicted molar refractivity (Wildman–Crippen MR) is 60.9 cm³/mol. The van der Waals surface area contributed by atoms with E-state index in [0.717, 1.165) is 6.07 Å². The maximum Gasteiger partial charge on any atom is 0.156 e. The monoisotopic (exact) mass is 237 g/mol. The van der Waals surface area contributed by atoms with Crippen molar-refractivity contribution in [2.75, 3.05) is 5.73 Å². The summed E-state index contributed by atoms with van der Waals surface area (Å²) in [6.45, 7) is 1.61. The van der Waals surface area contributed by atoms with Gasteiger partial charge in [0, 0.05) is 5.56 Å². The molecule has 0 heterocycles. The molecule has 1 nitrogen and oxygen atoms in total. The first-order chi connectivity index (χ1) is 8.00. The Morgan fingerprint density at radius 3 is 2.29 bits per heavy atom. The molecule has 0 radical (unpaired) electrons. The molecule has 0 bridgehead atoms. The van der Waals surface area contributed by atoms with Gasteiger partial charge in [-0.05, 0) is 36.2 Å². The van der Waals surface area contributed by atoms with Crippen molar-refractivity contribution in [1.82, 2.24) is 0 Å². The minimum absolute atomic E-state index is 0.0859. The normalized spacial score (nSPS) is 10.6. The molecule has 0 aliphatic rings. The van der Waals surface area contributed by atoms with Crippen LogP contribution in [-0.2, 0) is 0 Å². The Bertz CT molecular complexity index is 579. The molecule has 0 saturated heterocycles. The molecule has 0 fully saturated rings. The van der Waals surface area contributed by atoms with E-state index in [2.05, 4.69) is 0 Å². The number of nitrogen functional groups attached to an aromatic ring is 1.